The molecule has 1 aromatic carbocycles. The molecule has 0 aliphatic heterocycles. The molecule has 0 radical (unpaired) electrons. The van der Waals surface area contributed by atoms with Crippen LogP contribution in [0.1, 0.15) is 11.1 Å². The number of methoxy groups -OCH3 is 1. The van der Waals surface area contributed by atoms with Crippen LogP contribution in [0.25, 0.3) is 5.57 Å². The first-order chi connectivity index (χ1) is 7.54. The smallest absolute Gasteiger partial charge is 0.328 e. The Morgan fingerprint density at radius 2 is 2.25 bits per heavy atom. The van der Waals surface area contributed by atoms with Crippen LogP contribution in [0.2, 0.25) is 0 Å². The molecule has 0 atom stereocenters. The molecule has 86 valence electrons. The molecule has 0 amide bonds. The zero-order valence-corrected chi connectivity index (χ0v) is 9.16. The van der Waals surface area contributed by atoms with Crippen molar-refractivity contribution in [2.75, 3.05) is 13.7 Å². The van der Waals surface area contributed by atoms with Crippen LogP contribution in [0.5, 0.6) is 0 Å². The van der Waals surface area contributed by atoms with Gasteiger partial charge < -0.3 is 9.84 Å². The number of aryl methyl sites for hydroxylation is 1. The lowest BCUT2D eigenvalue weighted by Gasteiger charge is -2.07. The van der Waals surface area contributed by atoms with Crippen molar-refractivity contribution in [3.63, 3.8) is 0 Å². The van der Waals surface area contributed by atoms with E-state index in [2.05, 4.69) is 0 Å². The maximum absolute atomic E-state index is 13.0. The number of hydrogen-bond acceptors (Lipinski definition) is 2. The largest absolute Gasteiger partial charge is 0.478 e. The number of carbonyl (C=O) groups is 1. The van der Waals surface area contributed by atoms with Crippen LogP contribution in [0.4, 0.5) is 4.39 Å². The van der Waals surface area contributed by atoms with Gasteiger partial charge in [0.1, 0.15) is 5.82 Å². The predicted octanol–water partition coefficient (Wildman–Crippen LogP) is 2.25. The molecule has 1 rings (SSSR count). The molecule has 1 aromatic rings. The Morgan fingerprint density at radius 1 is 1.56 bits per heavy atom. The standard InChI is InChI=1S/C12H13FO3/c1-8-5-9(3-4-11(8)13)10(7-16-2)6-12(14)15/h3-6H,7H2,1-2H3,(H,14,15)/b10-6+. The quantitative estimate of drug-likeness (QED) is 0.798. The van der Waals surface area contributed by atoms with Crippen LogP contribution in [0.3, 0.4) is 0 Å². The Labute approximate surface area is 93.2 Å². The van der Waals surface area contributed by atoms with Gasteiger partial charge in [-0.15, -0.1) is 0 Å². The first kappa shape index (κ1) is 12.4. The Morgan fingerprint density at radius 3 is 2.75 bits per heavy atom. The lowest BCUT2D eigenvalue weighted by molar-refractivity contribution is -0.131. The van der Waals surface area contributed by atoms with Crippen molar-refractivity contribution < 1.29 is 19.0 Å². The number of rotatable bonds is 4. The average molecular weight is 224 g/mol. The third kappa shape index (κ3) is 3.17. The van der Waals surface area contributed by atoms with Crippen LogP contribution in [0.15, 0.2) is 24.3 Å². The molecule has 0 heterocycles. The lowest BCUT2D eigenvalue weighted by atomic mass is 10.0. The number of carboxylic acid groups (broad SMARTS) is 1. The van der Waals surface area contributed by atoms with E-state index in [1.54, 1.807) is 13.0 Å². The molecule has 0 unspecified atom stereocenters. The number of halogens is 1. The van der Waals surface area contributed by atoms with Crippen LogP contribution < -0.4 is 0 Å². The SMILES string of the molecule is COC/C(=C\C(=O)O)c1ccc(F)c(C)c1. The molecule has 0 aromatic heterocycles. The van der Waals surface area contributed by atoms with E-state index in [9.17, 15) is 9.18 Å². The zero-order valence-electron chi connectivity index (χ0n) is 9.16. The average Bonchev–Trinajstić information content (AvgIpc) is 2.21. The normalized spacial score (nSPS) is 11.6. The van der Waals surface area contributed by atoms with Gasteiger partial charge >= 0.3 is 5.97 Å². The van der Waals surface area contributed by atoms with Gasteiger partial charge in [-0.1, -0.05) is 6.07 Å². The van der Waals surface area contributed by atoms with Crippen molar-refractivity contribution in [2.24, 2.45) is 0 Å². The van der Waals surface area contributed by atoms with Crippen molar-refractivity contribution in [1.82, 2.24) is 0 Å². The summed E-state index contributed by atoms with van der Waals surface area (Å²) in [6.07, 6.45) is 1.07. The maximum atomic E-state index is 13.0. The van der Waals surface area contributed by atoms with Gasteiger partial charge in [-0.25, -0.2) is 9.18 Å². The fourth-order valence-corrected chi connectivity index (χ4v) is 1.36. The molecule has 1 N–H and O–H groups in total. The second-order valence-electron chi connectivity index (χ2n) is 3.40. The van der Waals surface area contributed by atoms with E-state index in [1.165, 1.54) is 19.2 Å². The summed E-state index contributed by atoms with van der Waals surface area (Å²) in [6.45, 7) is 1.81. The zero-order chi connectivity index (χ0) is 12.1. The maximum Gasteiger partial charge on any atom is 0.328 e. The highest BCUT2D eigenvalue weighted by molar-refractivity contribution is 5.90. The third-order valence-corrected chi connectivity index (χ3v) is 2.13. The van der Waals surface area contributed by atoms with Gasteiger partial charge in [0.05, 0.1) is 6.61 Å². The van der Waals surface area contributed by atoms with Gasteiger partial charge in [0.25, 0.3) is 0 Å². The molecule has 4 heteroatoms. The number of carboxylic acids is 1. The molecule has 0 aliphatic carbocycles. The summed E-state index contributed by atoms with van der Waals surface area (Å²) in [5, 5.41) is 8.69. The second-order valence-corrected chi connectivity index (χ2v) is 3.40. The van der Waals surface area contributed by atoms with Crippen molar-refractivity contribution in [2.45, 2.75) is 6.92 Å². The van der Waals surface area contributed by atoms with Crippen LogP contribution >= 0.6 is 0 Å². The Balaban J connectivity index is 3.11. The Hall–Kier alpha value is -1.68. The molecule has 0 bridgehead atoms. The minimum atomic E-state index is -1.05. The molecule has 0 saturated heterocycles. The molecule has 0 aliphatic rings. The summed E-state index contributed by atoms with van der Waals surface area (Å²) in [5.41, 5.74) is 1.64. The van der Waals surface area contributed by atoms with Gasteiger partial charge in [-0.3, -0.25) is 0 Å². The molecule has 3 nitrogen and oxygen atoms in total. The summed E-state index contributed by atoms with van der Waals surface area (Å²) < 4.78 is 17.9. The van der Waals surface area contributed by atoms with Crippen LogP contribution in [0, 0.1) is 12.7 Å². The van der Waals surface area contributed by atoms with E-state index in [1.807, 2.05) is 0 Å². The first-order valence-corrected chi connectivity index (χ1v) is 4.73. The van der Waals surface area contributed by atoms with Crippen LogP contribution in [-0.4, -0.2) is 24.8 Å². The van der Waals surface area contributed by atoms with Crippen molar-refractivity contribution in [3.8, 4) is 0 Å². The Bertz CT molecular complexity index is 424. The monoisotopic (exact) mass is 224 g/mol. The number of ether oxygens (including phenoxy) is 1. The third-order valence-electron chi connectivity index (χ3n) is 2.13. The van der Waals surface area contributed by atoms with Gasteiger partial charge in [0.15, 0.2) is 0 Å². The van der Waals surface area contributed by atoms with Crippen molar-refractivity contribution in [1.29, 1.82) is 0 Å². The van der Waals surface area contributed by atoms with Gasteiger partial charge in [0, 0.05) is 13.2 Å². The first-order valence-electron chi connectivity index (χ1n) is 4.73. The molecular formula is C12H13FO3. The fraction of sp³-hybridized carbons (Fsp3) is 0.250. The highest BCUT2D eigenvalue weighted by Crippen LogP contribution is 2.18. The topological polar surface area (TPSA) is 46.5 Å². The minimum Gasteiger partial charge on any atom is -0.478 e. The molecule has 0 spiro atoms. The highest BCUT2D eigenvalue weighted by atomic mass is 19.1. The summed E-state index contributed by atoms with van der Waals surface area (Å²) in [6, 6.07) is 4.45. The number of hydrogen-bond donors (Lipinski definition) is 1. The van der Waals surface area contributed by atoms with E-state index in [0.717, 1.165) is 6.08 Å². The van der Waals surface area contributed by atoms with Crippen molar-refractivity contribution >= 4 is 11.5 Å². The van der Waals surface area contributed by atoms with Crippen LogP contribution in [-0.2, 0) is 9.53 Å². The minimum absolute atomic E-state index is 0.178. The molecular weight excluding hydrogens is 211 g/mol. The lowest BCUT2D eigenvalue weighted by Crippen LogP contribution is -1.99. The van der Waals surface area contributed by atoms with Gasteiger partial charge in [-0.2, -0.15) is 0 Å². The van der Waals surface area contributed by atoms with Crippen molar-refractivity contribution in [3.05, 3.63) is 41.2 Å². The molecule has 16 heavy (non-hydrogen) atoms. The van der Waals surface area contributed by atoms with Gasteiger partial charge in [0.2, 0.25) is 0 Å². The molecule has 0 fully saturated rings. The van der Waals surface area contributed by atoms with E-state index >= 15 is 0 Å². The summed E-state index contributed by atoms with van der Waals surface area (Å²) >= 11 is 0. The fourth-order valence-electron chi connectivity index (χ4n) is 1.36. The number of aliphatic carboxylic acids is 1. The van der Waals surface area contributed by atoms with E-state index in [0.29, 0.717) is 16.7 Å². The highest BCUT2D eigenvalue weighted by Gasteiger charge is 2.06. The summed E-state index contributed by atoms with van der Waals surface area (Å²) in [4.78, 5) is 10.6. The second kappa shape index (κ2) is 5.42. The van der Waals surface area contributed by atoms with Gasteiger partial charge in [-0.05, 0) is 35.8 Å². The van der Waals surface area contributed by atoms with E-state index in [4.69, 9.17) is 9.84 Å². The molecule has 0 saturated carbocycles. The summed E-state index contributed by atoms with van der Waals surface area (Å²) in [7, 11) is 1.48. The predicted molar refractivity (Wildman–Crippen MR) is 58.6 cm³/mol. The number of benzene rings is 1. The summed E-state index contributed by atoms with van der Waals surface area (Å²) in [5.74, 6) is -1.36. The van der Waals surface area contributed by atoms with E-state index < -0.39 is 5.97 Å². The van der Waals surface area contributed by atoms with E-state index in [-0.39, 0.29) is 12.4 Å². The Kier molecular flexibility index (Phi) is 4.19.